The number of benzene rings is 1. The van der Waals surface area contributed by atoms with Crippen LogP contribution in [-0.4, -0.2) is 46.7 Å². The van der Waals surface area contributed by atoms with Crippen LogP contribution in [0.15, 0.2) is 17.0 Å². The summed E-state index contributed by atoms with van der Waals surface area (Å²) >= 11 is 0. The molecular formula is C11H16F2N2O4S2. The molecule has 0 aliphatic heterocycles. The zero-order valence-electron chi connectivity index (χ0n) is 11.5. The van der Waals surface area contributed by atoms with E-state index in [4.69, 9.17) is 5.73 Å². The second-order valence-electron chi connectivity index (χ2n) is 4.50. The van der Waals surface area contributed by atoms with Gasteiger partial charge in [-0.05, 0) is 12.1 Å². The van der Waals surface area contributed by atoms with E-state index in [2.05, 4.69) is 0 Å². The highest BCUT2D eigenvalue weighted by Gasteiger charge is 2.27. The van der Waals surface area contributed by atoms with E-state index in [9.17, 15) is 25.6 Å². The first kappa shape index (κ1) is 18.0. The molecule has 1 aromatic carbocycles. The number of nitrogens with two attached hydrogens (primary N) is 1. The maximum Gasteiger partial charge on any atom is 0.245 e. The predicted octanol–water partition coefficient (Wildman–Crippen LogP) is 0.0886. The number of sulfonamides is 1. The lowest BCUT2D eigenvalue weighted by Crippen LogP contribution is -2.32. The van der Waals surface area contributed by atoms with Crippen molar-refractivity contribution >= 4 is 19.9 Å². The first-order valence-electron chi connectivity index (χ1n) is 5.81. The van der Waals surface area contributed by atoms with Crippen molar-refractivity contribution in [3.63, 3.8) is 0 Å². The normalized spacial score (nSPS) is 12.9. The summed E-state index contributed by atoms with van der Waals surface area (Å²) < 4.78 is 74.5. The lowest BCUT2D eigenvalue weighted by Gasteiger charge is -2.18. The fourth-order valence-corrected chi connectivity index (χ4v) is 3.52. The van der Waals surface area contributed by atoms with Crippen molar-refractivity contribution in [2.45, 2.75) is 11.4 Å². The van der Waals surface area contributed by atoms with Gasteiger partial charge in [-0.25, -0.2) is 25.6 Å². The molecule has 2 N–H and O–H groups in total. The minimum Gasteiger partial charge on any atom is -0.326 e. The lowest BCUT2D eigenvalue weighted by atomic mass is 10.2. The molecule has 1 rings (SSSR count). The smallest absolute Gasteiger partial charge is 0.245 e. The van der Waals surface area contributed by atoms with Gasteiger partial charge in [0.25, 0.3) is 0 Å². The first-order valence-corrected chi connectivity index (χ1v) is 9.31. The molecule has 0 aromatic heterocycles. The third-order valence-electron chi connectivity index (χ3n) is 2.82. The fourth-order valence-electron chi connectivity index (χ4n) is 1.54. The quantitative estimate of drug-likeness (QED) is 0.790. The summed E-state index contributed by atoms with van der Waals surface area (Å²) in [5, 5.41) is 0. The zero-order valence-corrected chi connectivity index (χ0v) is 13.1. The maximum atomic E-state index is 14.0. The van der Waals surface area contributed by atoms with Crippen molar-refractivity contribution in [2.75, 3.05) is 25.6 Å². The van der Waals surface area contributed by atoms with E-state index in [0.717, 1.165) is 25.4 Å². The van der Waals surface area contributed by atoms with E-state index in [1.165, 1.54) is 0 Å². The minimum atomic E-state index is -4.27. The molecule has 0 unspecified atom stereocenters. The predicted molar refractivity (Wildman–Crippen MR) is 73.8 cm³/mol. The van der Waals surface area contributed by atoms with Crippen LogP contribution < -0.4 is 5.73 Å². The lowest BCUT2D eigenvalue weighted by molar-refractivity contribution is 0.472. The van der Waals surface area contributed by atoms with Gasteiger partial charge < -0.3 is 5.73 Å². The highest BCUT2D eigenvalue weighted by atomic mass is 32.2. The molecule has 6 nitrogen and oxygen atoms in total. The molecule has 10 heteroatoms. The molecule has 0 saturated heterocycles. The average molecular weight is 342 g/mol. The van der Waals surface area contributed by atoms with E-state index in [1.807, 2.05) is 0 Å². The molecule has 0 radical (unpaired) electrons. The summed E-state index contributed by atoms with van der Waals surface area (Å²) in [7, 11) is -6.52. The molecule has 0 heterocycles. The molecule has 0 bridgehead atoms. The van der Waals surface area contributed by atoms with Crippen LogP contribution in [0.5, 0.6) is 0 Å². The van der Waals surface area contributed by atoms with Gasteiger partial charge in [-0.1, -0.05) is 0 Å². The van der Waals surface area contributed by atoms with Crippen molar-refractivity contribution < 1.29 is 25.6 Å². The van der Waals surface area contributed by atoms with Crippen LogP contribution >= 0.6 is 0 Å². The van der Waals surface area contributed by atoms with Crippen LogP contribution in [-0.2, 0) is 26.4 Å². The number of sulfone groups is 1. The van der Waals surface area contributed by atoms with Gasteiger partial charge in [0.15, 0.2) is 5.82 Å². The van der Waals surface area contributed by atoms with E-state index in [-0.39, 0.29) is 6.54 Å². The van der Waals surface area contributed by atoms with Crippen LogP contribution in [0.2, 0.25) is 0 Å². The van der Waals surface area contributed by atoms with Gasteiger partial charge in [0.05, 0.1) is 5.75 Å². The van der Waals surface area contributed by atoms with Crippen molar-refractivity contribution in [3.05, 3.63) is 29.3 Å². The monoisotopic (exact) mass is 342 g/mol. The molecule has 0 spiro atoms. The molecule has 0 fully saturated rings. The average Bonchev–Trinajstić information content (AvgIpc) is 2.35. The third kappa shape index (κ3) is 4.19. The molecule has 0 atom stereocenters. The Labute approximate surface area is 122 Å². The minimum absolute atomic E-state index is 0.337. The van der Waals surface area contributed by atoms with E-state index >= 15 is 0 Å². The van der Waals surface area contributed by atoms with Gasteiger partial charge in [0, 0.05) is 32.0 Å². The number of nitrogens with zero attached hydrogens (tertiary/aromatic N) is 1. The summed E-state index contributed by atoms with van der Waals surface area (Å²) in [6, 6.07) is 1.60. The van der Waals surface area contributed by atoms with Crippen molar-refractivity contribution in [1.29, 1.82) is 0 Å². The topological polar surface area (TPSA) is 97.5 Å². The molecule has 21 heavy (non-hydrogen) atoms. The molecule has 1 aromatic rings. The Hall–Kier alpha value is -1.10. The van der Waals surface area contributed by atoms with Gasteiger partial charge >= 0.3 is 0 Å². The second kappa shape index (κ2) is 6.34. The maximum absolute atomic E-state index is 14.0. The highest BCUT2D eigenvalue weighted by Crippen LogP contribution is 2.23. The van der Waals surface area contributed by atoms with Gasteiger partial charge in [-0.3, -0.25) is 0 Å². The molecule has 0 aliphatic carbocycles. The van der Waals surface area contributed by atoms with Crippen LogP contribution in [0.1, 0.15) is 5.56 Å². The fraction of sp³-hybridized carbons (Fsp3) is 0.455. The summed E-state index contributed by atoms with van der Waals surface area (Å²) in [5.74, 6) is -2.61. The van der Waals surface area contributed by atoms with Crippen LogP contribution in [0.4, 0.5) is 8.78 Å². The van der Waals surface area contributed by atoms with E-state index < -0.39 is 54.3 Å². The standard InChI is InChI=1S/C11H16F2N2O4S2/c1-15(5-6-20(2,16)17)21(18,19)10-4-3-9(12)8(7-14)11(10)13/h3-4H,5-7,14H2,1-2H3. The highest BCUT2D eigenvalue weighted by molar-refractivity contribution is 7.91. The van der Waals surface area contributed by atoms with Crippen molar-refractivity contribution in [1.82, 2.24) is 4.31 Å². The Morgan fingerprint density at radius 3 is 2.24 bits per heavy atom. The summed E-state index contributed by atoms with van der Waals surface area (Å²) in [6.07, 6.45) is 0.957. The Morgan fingerprint density at radius 2 is 1.76 bits per heavy atom. The van der Waals surface area contributed by atoms with Crippen LogP contribution in [0.25, 0.3) is 0 Å². The molecule has 0 saturated carbocycles. The van der Waals surface area contributed by atoms with Gasteiger partial charge in [-0.15, -0.1) is 0 Å². The molecular weight excluding hydrogens is 326 g/mol. The van der Waals surface area contributed by atoms with Crippen molar-refractivity contribution in [2.24, 2.45) is 5.73 Å². The van der Waals surface area contributed by atoms with Gasteiger partial charge in [-0.2, -0.15) is 4.31 Å². The first-order chi connectivity index (χ1) is 9.50. The van der Waals surface area contributed by atoms with E-state index in [1.54, 1.807) is 0 Å². The van der Waals surface area contributed by atoms with Gasteiger partial charge in [0.2, 0.25) is 10.0 Å². The summed E-state index contributed by atoms with van der Waals surface area (Å²) in [5.41, 5.74) is 4.65. The van der Waals surface area contributed by atoms with Crippen LogP contribution in [0, 0.1) is 11.6 Å². The Kier molecular flexibility index (Phi) is 5.42. The van der Waals surface area contributed by atoms with Crippen molar-refractivity contribution in [3.8, 4) is 0 Å². The third-order valence-corrected chi connectivity index (χ3v) is 5.62. The number of halogens is 2. The molecule has 0 amide bonds. The van der Waals surface area contributed by atoms with Gasteiger partial charge in [0.1, 0.15) is 20.5 Å². The Bertz CT molecular complexity index is 733. The SMILES string of the molecule is CN(CCS(C)(=O)=O)S(=O)(=O)c1ccc(F)c(CN)c1F. The summed E-state index contributed by atoms with van der Waals surface area (Å²) in [6.45, 7) is -0.829. The zero-order chi connectivity index (χ0) is 16.4. The summed E-state index contributed by atoms with van der Waals surface area (Å²) in [4.78, 5) is -0.736. The van der Waals surface area contributed by atoms with Crippen LogP contribution in [0.3, 0.4) is 0 Å². The number of hydrogen-bond acceptors (Lipinski definition) is 5. The Morgan fingerprint density at radius 1 is 1.19 bits per heavy atom. The largest absolute Gasteiger partial charge is 0.326 e. The second-order valence-corrected chi connectivity index (χ2v) is 8.77. The van der Waals surface area contributed by atoms with E-state index in [0.29, 0.717) is 4.31 Å². The Balaban J connectivity index is 3.20. The number of rotatable bonds is 6. The number of hydrogen-bond donors (Lipinski definition) is 1. The molecule has 120 valence electrons. The molecule has 0 aliphatic rings.